The maximum absolute atomic E-state index is 6.39. The van der Waals surface area contributed by atoms with Crippen LogP contribution in [0, 0.1) is 5.92 Å². The lowest BCUT2D eigenvalue weighted by molar-refractivity contribution is -0.0574. The van der Waals surface area contributed by atoms with E-state index in [1.165, 1.54) is 36.8 Å². The molecule has 2 aromatic rings. The monoisotopic (exact) mass is 337 g/mol. The van der Waals surface area contributed by atoms with Gasteiger partial charge in [-0.3, -0.25) is 0 Å². The first kappa shape index (κ1) is 18.2. The Morgan fingerprint density at radius 2 is 1.48 bits per heavy atom. The third kappa shape index (κ3) is 3.26. The van der Waals surface area contributed by atoms with Crippen molar-refractivity contribution in [2.75, 3.05) is 14.2 Å². The molecule has 2 nitrogen and oxygen atoms in total. The molecule has 0 heterocycles. The molecule has 2 aromatic carbocycles. The lowest BCUT2D eigenvalue weighted by Gasteiger charge is -2.49. The number of methoxy groups -OCH3 is 1. The molecule has 0 bridgehead atoms. The van der Waals surface area contributed by atoms with Gasteiger partial charge in [0, 0.05) is 7.11 Å². The molecule has 1 atom stereocenters. The summed E-state index contributed by atoms with van der Waals surface area (Å²) in [5, 5.41) is 3.65. The van der Waals surface area contributed by atoms with Gasteiger partial charge in [0.2, 0.25) is 0 Å². The van der Waals surface area contributed by atoms with E-state index in [0.717, 1.165) is 12.3 Å². The Balaban J connectivity index is 2.07. The molecule has 1 aliphatic carbocycles. The number of ether oxygens (including phenoxy) is 1. The highest BCUT2D eigenvalue weighted by Crippen LogP contribution is 2.46. The summed E-state index contributed by atoms with van der Waals surface area (Å²) < 4.78 is 6.39. The second-order valence-corrected chi connectivity index (χ2v) is 7.54. The Morgan fingerprint density at radius 1 is 0.960 bits per heavy atom. The fourth-order valence-corrected chi connectivity index (χ4v) is 4.36. The molecule has 3 rings (SSSR count). The largest absolute Gasteiger partial charge is 0.367 e. The number of nitrogens with one attached hydrogen (secondary N) is 1. The predicted octanol–water partition coefficient (Wildman–Crippen LogP) is 5.14. The van der Waals surface area contributed by atoms with Gasteiger partial charge in [0.05, 0.1) is 5.54 Å². The van der Waals surface area contributed by atoms with E-state index < -0.39 is 5.60 Å². The molecule has 1 unspecified atom stereocenters. The van der Waals surface area contributed by atoms with Crippen molar-refractivity contribution in [1.29, 1.82) is 0 Å². The van der Waals surface area contributed by atoms with Crippen molar-refractivity contribution in [1.82, 2.24) is 5.32 Å². The zero-order valence-corrected chi connectivity index (χ0v) is 15.8. The molecule has 0 amide bonds. The van der Waals surface area contributed by atoms with Gasteiger partial charge in [-0.1, -0.05) is 79.9 Å². The first-order chi connectivity index (χ1) is 12.2. The number of benzene rings is 2. The summed E-state index contributed by atoms with van der Waals surface area (Å²) in [5.41, 5.74) is 1.69. The fraction of sp³-hybridized carbons (Fsp3) is 0.478. The molecule has 0 aromatic heterocycles. The highest BCUT2D eigenvalue weighted by molar-refractivity contribution is 5.41. The molecule has 25 heavy (non-hydrogen) atoms. The van der Waals surface area contributed by atoms with Crippen molar-refractivity contribution in [3.63, 3.8) is 0 Å². The van der Waals surface area contributed by atoms with E-state index in [9.17, 15) is 0 Å². The van der Waals surface area contributed by atoms with Gasteiger partial charge in [-0.15, -0.1) is 0 Å². The van der Waals surface area contributed by atoms with Gasteiger partial charge in [0.15, 0.2) is 0 Å². The quantitative estimate of drug-likeness (QED) is 0.720. The van der Waals surface area contributed by atoms with E-state index in [-0.39, 0.29) is 5.54 Å². The summed E-state index contributed by atoms with van der Waals surface area (Å²) in [6.45, 7) is 2.31. The summed E-state index contributed by atoms with van der Waals surface area (Å²) in [6, 6.07) is 21.3. The van der Waals surface area contributed by atoms with E-state index in [1.807, 2.05) is 7.11 Å². The van der Waals surface area contributed by atoms with Crippen molar-refractivity contribution in [3.05, 3.63) is 71.8 Å². The summed E-state index contributed by atoms with van der Waals surface area (Å²) in [6.07, 6.45) is 6.51. The van der Waals surface area contributed by atoms with Crippen molar-refractivity contribution in [2.45, 2.75) is 50.2 Å². The van der Waals surface area contributed by atoms with Gasteiger partial charge in [-0.05, 0) is 43.9 Å². The fourth-order valence-electron chi connectivity index (χ4n) is 4.36. The van der Waals surface area contributed by atoms with Gasteiger partial charge in [-0.25, -0.2) is 0 Å². The zero-order chi connectivity index (χ0) is 17.8. The number of likely N-dealkylation sites (N-methyl/N-ethyl adjacent to an activating group) is 1. The topological polar surface area (TPSA) is 21.3 Å². The minimum atomic E-state index is -0.520. The van der Waals surface area contributed by atoms with Gasteiger partial charge in [-0.2, -0.15) is 0 Å². The van der Waals surface area contributed by atoms with Crippen LogP contribution in [0.25, 0.3) is 0 Å². The van der Waals surface area contributed by atoms with Crippen molar-refractivity contribution in [2.24, 2.45) is 5.92 Å². The zero-order valence-electron chi connectivity index (χ0n) is 15.8. The van der Waals surface area contributed by atoms with E-state index in [0.29, 0.717) is 0 Å². The molecule has 0 spiro atoms. The van der Waals surface area contributed by atoms with Gasteiger partial charge in [0.1, 0.15) is 5.60 Å². The molecular formula is C23H31NO. The minimum Gasteiger partial charge on any atom is -0.367 e. The van der Waals surface area contributed by atoms with Crippen molar-refractivity contribution in [3.8, 4) is 0 Å². The number of hydrogen-bond donors (Lipinski definition) is 1. The molecule has 1 fully saturated rings. The summed E-state index contributed by atoms with van der Waals surface area (Å²) in [7, 11) is 3.92. The lowest BCUT2D eigenvalue weighted by atomic mass is 9.67. The Bertz CT molecular complexity index is 611. The van der Waals surface area contributed by atoms with E-state index in [1.54, 1.807) is 0 Å². The van der Waals surface area contributed by atoms with Crippen LogP contribution < -0.4 is 5.32 Å². The molecule has 0 radical (unpaired) electrons. The summed E-state index contributed by atoms with van der Waals surface area (Å²) in [4.78, 5) is 0. The number of rotatable bonds is 8. The molecule has 2 heteroatoms. The second-order valence-electron chi connectivity index (χ2n) is 7.54. The van der Waals surface area contributed by atoms with E-state index in [2.05, 4.69) is 80.0 Å². The maximum atomic E-state index is 6.39. The van der Waals surface area contributed by atoms with Crippen LogP contribution in [0.15, 0.2) is 60.7 Å². The van der Waals surface area contributed by atoms with Crippen LogP contribution in [0.4, 0.5) is 0 Å². The molecular weight excluding hydrogens is 306 g/mol. The molecule has 0 aliphatic heterocycles. The Kier molecular flexibility index (Phi) is 5.61. The highest BCUT2D eigenvalue weighted by Gasteiger charge is 2.50. The lowest BCUT2D eigenvalue weighted by Crippen LogP contribution is -2.59. The maximum Gasteiger partial charge on any atom is 0.135 e. The van der Waals surface area contributed by atoms with Crippen LogP contribution >= 0.6 is 0 Å². The Morgan fingerprint density at radius 3 is 1.84 bits per heavy atom. The third-order valence-corrected chi connectivity index (χ3v) is 6.27. The van der Waals surface area contributed by atoms with E-state index in [4.69, 9.17) is 4.74 Å². The van der Waals surface area contributed by atoms with E-state index >= 15 is 0 Å². The standard InChI is InChI=1S/C23H31NO/c1-22(24-2,18-17-19-11-10-12-19)23(25-3,20-13-6-4-7-14-20)21-15-8-5-9-16-21/h4-9,13-16,19,24H,10-12,17-18H2,1-3H3. The molecule has 1 aliphatic rings. The van der Waals surface area contributed by atoms with Crippen LogP contribution in [-0.4, -0.2) is 19.7 Å². The predicted molar refractivity (Wildman–Crippen MR) is 105 cm³/mol. The van der Waals surface area contributed by atoms with Crippen molar-refractivity contribution >= 4 is 0 Å². The minimum absolute atomic E-state index is 0.194. The molecule has 0 saturated heterocycles. The van der Waals surface area contributed by atoms with Crippen LogP contribution in [0.2, 0.25) is 0 Å². The summed E-state index contributed by atoms with van der Waals surface area (Å²) in [5.74, 6) is 0.883. The van der Waals surface area contributed by atoms with Crippen LogP contribution in [0.3, 0.4) is 0 Å². The van der Waals surface area contributed by atoms with Crippen LogP contribution in [0.1, 0.15) is 50.2 Å². The second kappa shape index (κ2) is 7.72. The molecule has 1 saturated carbocycles. The SMILES string of the molecule is CNC(C)(CCC1CCC1)C(OC)(c1ccccc1)c1ccccc1. The van der Waals surface area contributed by atoms with Gasteiger partial charge >= 0.3 is 0 Å². The van der Waals surface area contributed by atoms with Gasteiger partial charge in [0.25, 0.3) is 0 Å². The first-order valence-electron chi connectivity index (χ1n) is 9.51. The molecule has 1 N–H and O–H groups in total. The normalized spacial score (nSPS) is 17.7. The van der Waals surface area contributed by atoms with Crippen molar-refractivity contribution < 1.29 is 4.74 Å². The number of hydrogen-bond acceptors (Lipinski definition) is 2. The summed E-state index contributed by atoms with van der Waals surface area (Å²) >= 11 is 0. The van der Waals surface area contributed by atoms with Gasteiger partial charge < -0.3 is 10.1 Å². The highest BCUT2D eigenvalue weighted by atomic mass is 16.5. The van der Waals surface area contributed by atoms with Crippen LogP contribution in [0.5, 0.6) is 0 Å². The third-order valence-electron chi connectivity index (χ3n) is 6.27. The average molecular weight is 338 g/mol. The van der Waals surface area contributed by atoms with Crippen LogP contribution in [-0.2, 0) is 10.3 Å². The smallest absolute Gasteiger partial charge is 0.135 e. The average Bonchev–Trinajstić information content (AvgIpc) is 2.63. The Hall–Kier alpha value is -1.64. The first-order valence-corrected chi connectivity index (χ1v) is 9.51. The Labute approximate surface area is 152 Å². The molecule has 134 valence electrons.